The third-order valence-electron chi connectivity index (χ3n) is 4.36. The molecular weight excluding hydrogens is 302 g/mol. The van der Waals surface area contributed by atoms with Gasteiger partial charge in [-0.25, -0.2) is 14.8 Å². The Morgan fingerprint density at radius 2 is 2.00 bits per heavy atom. The summed E-state index contributed by atoms with van der Waals surface area (Å²) < 4.78 is 0. The minimum Gasteiger partial charge on any atom is -0.341 e. The second kappa shape index (κ2) is 9.25. The van der Waals surface area contributed by atoms with Gasteiger partial charge in [0.05, 0.1) is 6.04 Å². The molecule has 6 heteroatoms. The van der Waals surface area contributed by atoms with E-state index in [1.165, 1.54) is 32.1 Å². The van der Waals surface area contributed by atoms with Gasteiger partial charge in [0.15, 0.2) is 0 Å². The third kappa shape index (κ3) is 5.22. The average molecular weight is 331 g/mol. The van der Waals surface area contributed by atoms with Crippen LogP contribution in [0.1, 0.15) is 56.3 Å². The molecule has 2 rings (SSSR count). The fourth-order valence-corrected chi connectivity index (χ4v) is 2.98. The van der Waals surface area contributed by atoms with E-state index in [2.05, 4.69) is 32.1 Å². The van der Waals surface area contributed by atoms with Crippen LogP contribution in [0.25, 0.3) is 0 Å². The van der Waals surface area contributed by atoms with Gasteiger partial charge in [0.25, 0.3) is 0 Å². The van der Waals surface area contributed by atoms with Gasteiger partial charge in [-0.2, -0.15) is 0 Å². The maximum Gasteiger partial charge on any atom is 0.315 e. The number of hydrogen-bond acceptors (Lipinski definition) is 4. The smallest absolute Gasteiger partial charge is 0.315 e. The maximum absolute atomic E-state index is 11.8. The van der Waals surface area contributed by atoms with Gasteiger partial charge in [-0.05, 0) is 26.7 Å². The van der Waals surface area contributed by atoms with Crippen molar-refractivity contribution in [2.45, 2.75) is 52.0 Å². The van der Waals surface area contributed by atoms with E-state index < -0.39 is 0 Å². The van der Waals surface area contributed by atoms with Crippen molar-refractivity contribution in [3.8, 4) is 0 Å². The van der Waals surface area contributed by atoms with E-state index in [1.54, 1.807) is 6.08 Å². The van der Waals surface area contributed by atoms with Crippen molar-refractivity contribution in [2.75, 3.05) is 24.5 Å². The summed E-state index contributed by atoms with van der Waals surface area (Å²) in [6.45, 7) is 9.99. The summed E-state index contributed by atoms with van der Waals surface area (Å²) in [5.41, 5.74) is 1.86. The van der Waals surface area contributed by atoms with Gasteiger partial charge in [0.1, 0.15) is 0 Å². The van der Waals surface area contributed by atoms with Crippen LogP contribution >= 0.6 is 0 Å². The average Bonchev–Trinajstić information content (AvgIpc) is 2.52. The number of rotatable bonds is 5. The zero-order valence-electron chi connectivity index (χ0n) is 14.8. The molecule has 0 radical (unpaired) electrons. The Labute approximate surface area is 144 Å². The first kappa shape index (κ1) is 18.2. The molecule has 1 aromatic heterocycles. The number of carbonyl (C=O) groups is 1. The van der Waals surface area contributed by atoms with Crippen molar-refractivity contribution in [2.24, 2.45) is 0 Å². The van der Waals surface area contributed by atoms with Gasteiger partial charge in [-0.3, -0.25) is 0 Å². The summed E-state index contributed by atoms with van der Waals surface area (Å²) in [5.74, 6) is 0.807. The van der Waals surface area contributed by atoms with Crippen LogP contribution in [-0.2, 0) is 0 Å². The molecule has 6 nitrogen and oxygen atoms in total. The molecule has 0 bridgehead atoms. The zero-order valence-corrected chi connectivity index (χ0v) is 14.8. The molecule has 1 aromatic rings. The van der Waals surface area contributed by atoms with Gasteiger partial charge < -0.3 is 15.5 Å². The van der Waals surface area contributed by atoms with Gasteiger partial charge >= 0.3 is 6.03 Å². The van der Waals surface area contributed by atoms with Crippen LogP contribution in [0.2, 0.25) is 0 Å². The molecule has 1 saturated heterocycles. The van der Waals surface area contributed by atoms with Crippen molar-refractivity contribution in [1.29, 1.82) is 0 Å². The van der Waals surface area contributed by atoms with Crippen LogP contribution in [0, 0.1) is 6.92 Å². The van der Waals surface area contributed by atoms with Crippen molar-refractivity contribution in [3.63, 3.8) is 0 Å². The number of carbonyl (C=O) groups excluding carboxylic acids is 1. The minimum absolute atomic E-state index is 0.142. The number of hydrogen-bond donors (Lipinski definition) is 2. The Kier molecular flexibility index (Phi) is 7.03. The quantitative estimate of drug-likeness (QED) is 0.814. The Balaban J connectivity index is 2.02. The van der Waals surface area contributed by atoms with Gasteiger partial charge in [-0.1, -0.05) is 25.3 Å². The lowest BCUT2D eigenvalue weighted by Crippen LogP contribution is -2.37. The van der Waals surface area contributed by atoms with E-state index in [0.29, 0.717) is 6.54 Å². The first-order valence-corrected chi connectivity index (χ1v) is 8.85. The Morgan fingerprint density at radius 1 is 1.33 bits per heavy atom. The van der Waals surface area contributed by atoms with E-state index in [1.807, 2.05) is 20.0 Å². The van der Waals surface area contributed by atoms with Gasteiger partial charge in [-0.15, -0.1) is 6.58 Å². The van der Waals surface area contributed by atoms with Crippen molar-refractivity contribution >= 4 is 12.0 Å². The largest absolute Gasteiger partial charge is 0.341 e. The Hall–Kier alpha value is -2.11. The fourth-order valence-electron chi connectivity index (χ4n) is 2.98. The van der Waals surface area contributed by atoms with E-state index in [9.17, 15) is 4.79 Å². The lowest BCUT2D eigenvalue weighted by Gasteiger charge is -2.25. The summed E-state index contributed by atoms with van der Waals surface area (Å²) >= 11 is 0. The molecule has 0 saturated carbocycles. The number of aryl methyl sites for hydroxylation is 1. The molecule has 2 N–H and O–H groups in total. The molecule has 1 aliphatic heterocycles. The van der Waals surface area contributed by atoms with Crippen LogP contribution in [0.15, 0.2) is 18.9 Å². The number of nitrogens with zero attached hydrogens (tertiary/aromatic N) is 3. The van der Waals surface area contributed by atoms with Crippen LogP contribution in [0.3, 0.4) is 0 Å². The lowest BCUT2D eigenvalue weighted by molar-refractivity contribution is 0.239. The van der Waals surface area contributed by atoms with Crippen LogP contribution in [-0.4, -0.2) is 35.6 Å². The van der Waals surface area contributed by atoms with E-state index >= 15 is 0 Å². The fraction of sp³-hybridized carbons (Fsp3) is 0.611. The van der Waals surface area contributed by atoms with Crippen LogP contribution < -0.4 is 15.5 Å². The summed E-state index contributed by atoms with van der Waals surface area (Å²) in [7, 11) is 0. The second-order valence-electron chi connectivity index (χ2n) is 6.33. The number of nitrogens with one attached hydrogen (secondary N) is 2. The molecule has 24 heavy (non-hydrogen) atoms. The molecule has 0 aliphatic carbocycles. The van der Waals surface area contributed by atoms with Gasteiger partial charge in [0.2, 0.25) is 5.95 Å². The minimum atomic E-state index is -0.213. The van der Waals surface area contributed by atoms with Crippen LogP contribution in [0.4, 0.5) is 10.7 Å². The normalized spacial score (nSPS) is 16.7. The Bertz CT molecular complexity index is 552. The number of aromatic nitrogens is 2. The number of urea groups is 1. The molecule has 0 spiro atoms. The molecule has 2 amide bonds. The van der Waals surface area contributed by atoms with E-state index in [4.69, 9.17) is 0 Å². The van der Waals surface area contributed by atoms with Crippen molar-refractivity contribution < 1.29 is 4.79 Å². The molecule has 1 unspecified atom stereocenters. The molecule has 1 atom stereocenters. The first-order chi connectivity index (χ1) is 11.6. The zero-order chi connectivity index (χ0) is 17.4. The maximum atomic E-state index is 11.8. The van der Waals surface area contributed by atoms with Gasteiger partial charge in [0, 0.05) is 37.1 Å². The van der Waals surface area contributed by atoms with Crippen molar-refractivity contribution in [1.82, 2.24) is 20.6 Å². The first-order valence-electron chi connectivity index (χ1n) is 8.85. The molecule has 0 aromatic carbocycles. The van der Waals surface area contributed by atoms with E-state index in [0.717, 1.165) is 30.3 Å². The molecular formula is C18H29N5O. The monoisotopic (exact) mass is 331 g/mol. The summed E-state index contributed by atoms with van der Waals surface area (Å²) in [5, 5.41) is 5.61. The molecule has 2 heterocycles. The Morgan fingerprint density at radius 3 is 2.62 bits per heavy atom. The second-order valence-corrected chi connectivity index (χ2v) is 6.33. The standard InChI is InChI=1S/C18H29N5O/c1-4-10-19-18(24)22-15(3)16-13-20-17(21-14(16)2)23-11-8-6-5-7-9-12-23/h4,13,15H,1,5-12H2,2-3H3,(H2,19,22,24). The molecule has 1 aliphatic rings. The molecule has 132 valence electrons. The summed E-state index contributed by atoms with van der Waals surface area (Å²) in [4.78, 5) is 23.3. The number of amides is 2. The van der Waals surface area contributed by atoms with Crippen molar-refractivity contribution in [3.05, 3.63) is 30.1 Å². The predicted octanol–water partition coefficient (Wildman–Crippen LogP) is 3.10. The van der Waals surface area contributed by atoms with E-state index in [-0.39, 0.29) is 12.1 Å². The predicted molar refractivity (Wildman–Crippen MR) is 97.2 cm³/mol. The highest BCUT2D eigenvalue weighted by Crippen LogP contribution is 2.20. The lowest BCUT2D eigenvalue weighted by atomic mass is 10.1. The number of anilines is 1. The SMILES string of the molecule is C=CCNC(=O)NC(C)c1cnc(N2CCCCCCC2)nc1C. The highest BCUT2D eigenvalue weighted by Gasteiger charge is 2.16. The summed E-state index contributed by atoms with van der Waals surface area (Å²) in [6.07, 6.45) is 9.80. The third-order valence-corrected chi connectivity index (χ3v) is 4.36. The van der Waals surface area contributed by atoms with Crippen LogP contribution in [0.5, 0.6) is 0 Å². The highest BCUT2D eigenvalue weighted by molar-refractivity contribution is 5.74. The summed E-state index contributed by atoms with van der Waals surface area (Å²) in [6, 6.07) is -0.356. The molecule has 1 fully saturated rings. The highest BCUT2D eigenvalue weighted by atomic mass is 16.2. The topological polar surface area (TPSA) is 70.2 Å².